The van der Waals surface area contributed by atoms with Crippen molar-refractivity contribution in [3.63, 3.8) is 0 Å². The molecular formula is C13H25NO. The molecule has 3 unspecified atom stereocenters. The van der Waals surface area contributed by atoms with E-state index in [1.165, 1.54) is 44.9 Å². The number of nitrogens with one attached hydrogen (secondary N) is 1. The second kappa shape index (κ2) is 5.31. The van der Waals surface area contributed by atoms with Crippen LogP contribution in [0.3, 0.4) is 0 Å². The van der Waals surface area contributed by atoms with Gasteiger partial charge in [-0.15, -0.1) is 0 Å². The van der Waals surface area contributed by atoms with Gasteiger partial charge >= 0.3 is 0 Å². The Bertz CT molecular complexity index is 189. The summed E-state index contributed by atoms with van der Waals surface area (Å²) in [5.74, 6) is 0.960. The molecule has 0 spiro atoms. The Hall–Kier alpha value is -0.0800. The molecule has 2 aliphatic rings. The smallest absolute Gasteiger partial charge is 0.0732 e. The topological polar surface area (TPSA) is 21.3 Å². The molecule has 2 rings (SSSR count). The maximum Gasteiger partial charge on any atom is 0.0732 e. The van der Waals surface area contributed by atoms with E-state index in [1.807, 2.05) is 0 Å². The van der Waals surface area contributed by atoms with Gasteiger partial charge in [-0.3, -0.25) is 0 Å². The normalized spacial score (nSPS) is 34.8. The van der Waals surface area contributed by atoms with Crippen LogP contribution in [0.2, 0.25) is 0 Å². The van der Waals surface area contributed by atoms with Crippen LogP contribution >= 0.6 is 0 Å². The lowest BCUT2D eigenvalue weighted by atomic mass is 9.94. The average Bonchev–Trinajstić information content (AvgIpc) is 2.85. The SMILES string of the molecule is CNC(CC1CCCC1)C1CCC(C)O1. The van der Waals surface area contributed by atoms with Gasteiger partial charge in [0.25, 0.3) is 0 Å². The Kier molecular flexibility index (Phi) is 4.04. The molecule has 2 nitrogen and oxygen atoms in total. The molecule has 0 aromatic rings. The maximum atomic E-state index is 5.96. The first-order valence-corrected chi connectivity index (χ1v) is 6.62. The van der Waals surface area contributed by atoms with Crippen LogP contribution in [0.5, 0.6) is 0 Å². The fourth-order valence-corrected chi connectivity index (χ4v) is 3.19. The van der Waals surface area contributed by atoms with Crippen LogP contribution in [0.1, 0.15) is 51.9 Å². The first-order valence-electron chi connectivity index (χ1n) is 6.62. The van der Waals surface area contributed by atoms with Crippen LogP contribution in [0.25, 0.3) is 0 Å². The third kappa shape index (κ3) is 2.94. The molecule has 0 radical (unpaired) electrons. The van der Waals surface area contributed by atoms with Crippen molar-refractivity contribution >= 4 is 0 Å². The van der Waals surface area contributed by atoms with E-state index in [9.17, 15) is 0 Å². The third-order valence-corrected chi connectivity index (χ3v) is 4.15. The molecule has 0 aromatic carbocycles. The molecule has 1 saturated heterocycles. The van der Waals surface area contributed by atoms with Gasteiger partial charge in [-0.1, -0.05) is 25.7 Å². The minimum absolute atomic E-state index is 0.477. The molecule has 88 valence electrons. The lowest BCUT2D eigenvalue weighted by Gasteiger charge is -2.25. The molecule has 0 amide bonds. The zero-order valence-corrected chi connectivity index (χ0v) is 10.2. The molecule has 1 heterocycles. The van der Waals surface area contributed by atoms with Crippen molar-refractivity contribution in [3.8, 4) is 0 Å². The predicted molar refractivity (Wildman–Crippen MR) is 63.0 cm³/mol. The number of hydrogen-bond donors (Lipinski definition) is 1. The minimum Gasteiger partial charge on any atom is -0.374 e. The molecule has 15 heavy (non-hydrogen) atoms. The van der Waals surface area contributed by atoms with Gasteiger partial charge in [-0.2, -0.15) is 0 Å². The quantitative estimate of drug-likeness (QED) is 0.772. The van der Waals surface area contributed by atoms with Gasteiger partial charge < -0.3 is 10.1 Å². The van der Waals surface area contributed by atoms with Crippen molar-refractivity contribution in [1.29, 1.82) is 0 Å². The van der Waals surface area contributed by atoms with Crippen LogP contribution in [0.4, 0.5) is 0 Å². The van der Waals surface area contributed by atoms with E-state index in [1.54, 1.807) is 0 Å². The Morgan fingerprint density at radius 2 is 1.93 bits per heavy atom. The Balaban J connectivity index is 1.80. The van der Waals surface area contributed by atoms with E-state index in [2.05, 4.69) is 19.3 Å². The molecule has 3 atom stereocenters. The summed E-state index contributed by atoms with van der Waals surface area (Å²) in [6, 6.07) is 0.595. The van der Waals surface area contributed by atoms with Gasteiger partial charge in [0, 0.05) is 6.04 Å². The fraction of sp³-hybridized carbons (Fsp3) is 1.00. The first kappa shape index (κ1) is 11.4. The Labute approximate surface area is 93.8 Å². The van der Waals surface area contributed by atoms with E-state index in [0.29, 0.717) is 18.2 Å². The second-order valence-corrected chi connectivity index (χ2v) is 5.34. The molecule has 1 N–H and O–H groups in total. The lowest BCUT2D eigenvalue weighted by Crippen LogP contribution is -2.39. The number of rotatable bonds is 4. The highest BCUT2D eigenvalue weighted by molar-refractivity contribution is 4.85. The minimum atomic E-state index is 0.477. The molecule has 2 heteroatoms. The summed E-state index contributed by atoms with van der Waals surface area (Å²) in [7, 11) is 2.09. The van der Waals surface area contributed by atoms with Gasteiger partial charge in [0.2, 0.25) is 0 Å². The monoisotopic (exact) mass is 211 g/mol. The van der Waals surface area contributed by atoms with Crippen LogP contribution in [-0.2, 0) is 4.74 Å². The Morgan fingerprint density at radius 1 is 1.20 bits per heavy atom. The zero-order valence-electron chi connectivity index (χ0n) is 10.2. The maximum absolute atomic E-state index is 5.96. The molecule has 0 bridgehead atoms. The van der Waals surface area contributed by atoms with Gasteiger partial charge in [-0.25, -0.2) is 0 Å². The van der Waals surface area contributed by atoms with Crippen LogP contribution < -0.4 is 5.32 Å². The zero-order chi connectivity index (χ0) is 10.7. The van der Waals surface area contributed by atoms with E-state index in [4.69, 9.17) is 4.74 Å². The summed E-state index contributed by atoms with van der Waals surface area (Å²) in [4.78, 5) is 0. The second-order valence-electron chi connectivity index (χ2n) is 5.34. The van der Waals surface area contributed by atoms with E-state index >= 15 is 0 Å². The van der Waals surface area contributed by atoms with Crippen molar-refractivity contribution in [1.82, 2.24) is 5.32 Å². The summed E-state index contributed by atoms with van der Waals surface area (Å²) < 4.78 is 5.96. The molecule has 1 saturated carbocycles. The first-order chi connectivity index (χ1) is 7.29. The lowest BCUT2D eigenvalue weighted by molar-refractivity contribution is 0.0282. The van der Waals surface area contributed by atoms with Crippen LogP contribution in [0.15, 0.2) is 0 Å². The molecule has 1 aliphatic carbocycles. The number of ether oxygens (including phenoxy) is 1. The van der Waals surface area contributed by atoms with E-state index in [-0.39, 0.29) is 0 Å². The molecule has 1 aliphatic heterocycles. The number of likely N-dealkylation sites (N-methyl/N-ethyl adjacent to an activating group) is 1. The molecule has 2 fully saturated rings. The van der Waals surface area contributed by atoms with Crippen LogP contribution in [0, 0.1) is 5.92 Å². The van der Waals surface area contributed by atoms with Crippen molar-refractivity contribution < 1.29 is 4.74 Å². The van der Waals surface area contributed by atoms with Gasteiger partial charge in [-0.05, 0) is 39.2 Å². The van der Waals surface area contributed by atoms with E-state index < -0.39 is 0 Å². The summed E-state index contributed by atoms with van der Waals surface area (Å²) in [5.41, 5.74) is 0. The number of hydrogen-bond acceptors (Lipinski definition) is 2. The van der Waals surface area contributed by atoms with Crippen molar-refractivity contribution in [2.45, 2.75) is 70.1 Å². The highest BCUT2D eigenvalue weighted by atomic mass is 16.5. The summed E-state index contributed by atoms with van der Waals surface area (Å²) in [6.45, 7) is 2.20. The summed E-state index contributed by atoms with van der Waals surface area (Å²) in [6.07, 6.45) is 10.6. The standard InChI is InChI=1S/C13H25NO/c1-10-7-8-13(15-10)12(14-2)9-11-5-3-4-6-11/h10-14H,3-9H2,1-2H3. The van der Waals surface area contributed by atoms with E-state index in [0.717, 1.165) is 5.92 Å². The van der Waals surface area contributed by atoms with Crippen molar-refractivity contribution in [2.75, 3.05) is 7.05 Å². The van der Waals surface area contributed by atoms with Gasteiger partial charge in [0.15, 0.2) is 0 Å². The average molecular weight is 211 g/mol. The largest absolute Gasteiger partial charge is 0.374 e. The van der Waals surface area contributed by atoms with Crippen LogP contribution in [-0.4, -0.2) is 25.3 Å². The highest BCUT2D eigenvalue weighted by Crippen LogP contribution is 2.31. The predicted octanol–water partition coefficient (Wildman–Crippen LogP) is 2.72. The fourth-order valence-electron chi connectivity index (χ4n) is 3.19. The van der Waals surface area contributed by atoms with Crippen molar-refractivity contribution in [3.05, 3.63) is 0 Å². The highest BCUT2D eigenvalue weighted by Gasteiger charge is 2.30. The molecule has 0 aromatic heterocycles. The third-order valence-electron chi connectivity index (χ3n) is 4.15. The Morgan fingerprint density at radius 3 is 2.47 bits per heavy atom. The van der Waals surface area contributed by atoms with Gasteiger partial charge in [0.05, 0.1) is 12.2 Å². The molecular weight excluding hydrogens is 186 g/mol. The van der Waals surface area contributed by atoms with Crippen molar-refractivity contribution in [2.24, 2.45) is 5.92 Å². The summed E-state index contributed by atoms with van der Waals surface area (Å²) >= 11 is 0. The van der Waals surface area contributed by atoms with Gasteiger partial charge in [0.1, 0.15) is 0 Å². The summed E-state index contributed by atoms with van der Waals surface area (Å²) in [5, 5.41) is 3.47.